The third kappa shape index (κ3) is 3.38. The zero-order valence-corrected chi connectivity index (χ0v) is 9.05. The maximum atomic E-state index is 10.8. The number of unbranched alkanes of at least 4 members (excludes halogenated alkanes) is 2. The van der Waals surface area contributed by atoms with Gasteiger partial charge in [0.2, 0.25) is 0 Å². The first-order chi connectivity index (χ1) is 7.65. The summed E-state index contributed by atoms with van der Waals surface area (Å²) in [6.45, 7) is 2.08. The molecule has 0 radical (unpaired) electrons. The van der Waals surface area contributed by atoms with Crippen LogP contribution in [0.15, 0.2) is 12.4 Å². The molecule has 1 heterocycles. The molecule has 0 aromatic carbocycles. The first kappa shape index (κ1) is 12.2. The van der Waals surface area contributed by atoms with E-state index in [0.717, 1.165) is 24.0 Å². The normalized spacial score (nSPS) is 10.1. The number of aryl methyl sites for hydroxylation is 1. The van der Waals surface area contributed by atoms with Crippen molar-refractivity contribution < 1.29 is 19.5 Å². The molecule has 0 bridgehead atoms. The lowest BCUT2D eigenvalue weighted by Gasteiger charge is -2.05. The molecule has 1 N–H and O–H groups in total. The largest absolute Gasteiger partial charge is 0.473 e. The second-order valence-corrected chi connectivity index (χ2v) is 3.31. The van der Waals surface area contributed by atoms with Crippen LogP contribution in [0.2, 0.25) is 0 Å². The van der Waals surface area contributed by atoms with Crippen molar-refractivity contribution in [3.63, 3.8) is 0 Å². The Hall–Kier alpha value is -1.85. The molecule has 1 aromatic rings. The molecule has 0 saturated carbocycles. The quantitative estimate of drug-likeness (QED) is 0.589. The van der Waals surface area contributed by atoms with E-state index in [-0.39, 0.29) is 0 Å². The fourth-order valence-electron chi connectivity index (χ4n) is 1.24. The zero-order chi connectivity index (χ0) is 12.0. The van der Waals surface area contributed by atoms with E-state index in [0.29, 0.717) is 12.2 Å². The molecule has 1 aromatic heterocycles. The topological polar surface area (TPSA) is 81.4 Å². The predicted molar refractivity (Wildman–Crippen MR) is 54.7 cm³/mol. The highest BCUT2D eigenvalue weighted by Gasteiger charge is 2.16. The third-order valence-electron chi connectivity index (χ3n) is 2.04. The molecule has 0 aliphatic heterocycles. The van der Waals surface area contributed by atoms with E-state index in [9.17, 15) is 9.59 Å². The molecule has 0 saturated heterocycles. The number of aromatic nitrogens is 2. The lowest BCUT2D eigenvalue weighted by Crippen LogP contribution is -2.27. The Morgan fingerprint density at radius 3 is 2.88 bits per heavy atom. The molecular weight excluding hydrogens is 212 g/mol. The number of hydrogen-bond acceptors (Lipinski definition) is 4. The van der Waals surface area contributed by atoms with Gasteiger partial charge in [-0.05, 0) is 6.42 Å². The van der Waals surface area contributed by atoms with Gasteiger partial charge in [-0.1, -0.05) is 19.8 Å². The average Bonchev–Trinajstić information content (AvgIpc) is 2.66. The van der Waals surface area contributed by atoms with Crippen LogP contribution in [0.5, 0.6) is 0 Å². The summed E-state index contributed by atoms with van der Waals surface area (Å²) in [6, 6.07) is 0. The molecule has 0 amide bonds. The molecule has 0 atom stereocenters. The molecule has 0 spiro atoms. The summed E-state index contributed by atoms with van der Waals surface area (Å²) >= 11 is 0. The van der Waals surface area contributed by atoms with Crippen LogP contribution in [0.1, 0.15) is 32.0 Å². The number of nitrogens with zero attached hydrogens (tertiary/aromatic N) is 2. The van der Waals surface area contributed by atoms with Gasteiger partial charge in [0.15, 0.2) is 0 Å². The van der Waals surface area contributed by atoms with E-state index in [1.165, 1.54) is 12.4 Å². The van der Waals surface area contributed by atoms with Crippen LogP contribution >= 0.6 is 0 Å². The fraction of sp³-hybridized carbons (Fsp3) is 0.500. The van der Waals surface area contributed by atoms with Crippen LogP contribution in [0, 0.1) is 0 Å². The van der Waals surface area contributed by atoms with Crippen molar-refractivity contribution in [1.29, 1.82) is 0 Å². The van der Waals surface area contributed by atoms with Crippen molar-refractivity contribution in [3.05, 3.63) is 18.2 Å². The second-order valence-electron chi connectivity index (χ2n) is 3.31. The number of hydrogen-bond donors (Lipinski definition) is 1. The summed E-state index contributed by atoms with van der Waals surface area (Å²) in [5, 5.41) is 8.38. The van der Waals surface area contributed by atoms with Gasteiger partial charge in [-0.15, -0.1) is 0 Å². The minimum atomic E-state index is -1.62. The van der Waals surface area contributed by atoms with Crippen molar-refractivity contribution in [2.75, 3.05) is 0 Å². The fourth-order valence-corrected chi connectivity index (χ4v) is 1.24. The smallest absolute Gasteiger partial charge is 0.441 e. The minimum Gasteiger partial charge on any atom is -0.473 e. The molecule has 0 fully saturated rings. The monoisotopic (exact) mass is 226 g/mol. The Morgan fingerprint density at radius 2 is 2.25 bits per heavy atom. The average molecular weight is 226 g/mol. The van der Waals surface area contributed by atoms with Gasteiger partial charge in [0.25, 0.3) is 0 Å². The van der Waals surface area contributed by atoms with Crippen LogP contribution in [-0.2, 0) is 16.0 Å². The van der Waals surface area contributed by atoms with E-state index in [1.54, 1.807) is 0 Å². The van der Waals surface area contributed by atoms with Crippen molar-refractivity contribution in [3.8, 4) is 0 Å². The predicted octanol–water partition coefficient (Wildman–Crippen LogP) is 0.656. The summed E-state index contributed by atoms with van der Waals surface area (Å²) in [7, 11) is 0. The summed E-state index contributed by atoms with van der Waals surface area (Å²) in [4.78, 5) is 29.7. The molecule has 0 unspecified atom stereocenters. The first-order valence-corrected chi connectivity index (χ1v) is 5.13. The number of carbonyl (C=O) groups is 2. The lowest BCUT2D eigenvalue weighted by molar-refractivity contribution is -0.164. The molecule has 6 nitrogen and oxygen atoms in total. The van der Waals surface area contributed by atoms with Crippen LogP contribution < -0.4 is 4.84 Å². The van der Waals surface area contributed by atoms with Gasteiger partial charge in [-0.25, -0.2) is 14.6 Å². The summed E-state index contributed by atoms with van der Waals surface area (Å²) in [5.74, 6) is -2.37. The van der Waals surface area contributed by atoms with Crippen molar-refractivity contribution in [1.82, 2.24) is 9.71 Å². The maximum absolute atomic E-state index is 10.8. The van der Waals surface area contributed by atoms with Crippen molar-refractivity contribution in [2.45, 2.75) is 32.6 Å². The number of rotatable bonds is 5. The van der Waals surface area contributed by atoms with E-state index >= 15 is 0 Å². The van der Waals surface area contributed by atoms with E-state index in [2.05, 4.69) is 16.7 Å². The molecule has 88 valence electrons. The van der Waals surface area contributed by atoms with Crippen LogP contribution in [-0.4, -0.2) is 26.8 Å². The highest BCUT2D eigenvalue weighted by atomic mass is 16.7. The Labute approximate surface area is 92.8 Å². The number of imidazole rings is 1. The summed E-state index contributed by atoms with van der Waals surface area (Å²) in [6.07, 6.45) is 6.61. The van der Waals surface area contributed by atoms with Gasteiger partial charge in [-0.3, -0.25) is 0 Å². The lowest BCUT2D eigenvalue weighted by atomic mass is 10.2. The van der Waals surface area contributed by atoms with Gasteiger partial charge in [0.1, 0.15) is 5.82 Å². The molecule has 0 aliphatic carbocycles. The van der Waals surface area contributed by atoms with Gasteiger partial charge < -0.3 is 9.94 Å². The molecular formula is C10H14N2O4. The third-order valence-corrected chi connectivity index (χ3v) is 2.04. The van der Waals surface area contributed by atoms with Gasteiger partial charge in [0, 0.05) is 12.6 Å². The highest BCUT2D eigenvalue weighted by Crippen LogP contribution is 2.03. The molecule has 6 heteroatoms. The number of carbonyl (C=O) groups excluding carboxylic acids is 1. The van der Waals surface area contributed by atoms with Gasteiger partial charge in [-0.2, -0.15) is 4.73 Å². The van der Waals surface area contributed by atoms with Crippen LogP contribution in [0.25, 0.3) is 0 Å². The first-order valence-electron chi connectivity index (χ1n) is 5.13. The summed E-state index contributed by atoms with van der Waals surface area (Å²) < 4.78 is 1.10. The van der Waals surface area contributed by atoms with E-state index < -0.39 is 11.9 Å². The van der Waals surface area contributed by atoms with Gasteiger partial charge >= 0.3 is 11.9 Å². The van der Waals surface area contributed by atoms with Crippen LogP contribution in [0.3, 0.4) is 0 Å². The van der Waals surface area contributed by atoms with Crippen LogP contribution in [0.4, 0.5) is 0 Å². The molecule has 1 rings (SSSR count). The Balaban J connectivity index is 2.56. The Morgan fingerprint density at radius 1 is 1.50 bits per heavy atom. The standard InChI is InChI=1S/C10H14N2O4/c1-2-3-4-5-8-11-6-7-12(8)16-10(15)9(13)14/h6-7H,2-5H2,1H3,(H,13,14). The van der Waals surface area contributed by atoms with Crippen molar-refractivity contribution >= 4 is 11.9 Å². The van der Waals surface area contributed by atoms with Gasteiger partial charge in [0.05, 0.1) is 6.20 Å². The Bertz CT molecular complexity index is 373. The maximum Gasteiger partial charge on any atom is 0.441 e. The molecule has 16 heavy (non-hydrogen) atoms. The zero-order valence-electron chi connectivity index (χ0n) is 9.05. The number of carboxylic acid groups (broad SMARTS) is 1. The SMILES string of the molecule is CCCCCc1nccn1OC(=O)C(=O)O. The molecule has 0 aliphatic rings. The van der Waals surface area contributed by atoms with E-state index in [4.69, 9.17) is 5.11 Å². The van der Waals surface area contributed by atoms with E-state index in [1.807, 2.05) is 0 Å². The minimum absolute atomic E-state index is 0.558. The second kappa shape index (κ2) is 5.89. The summed E-state index contributed by atoms with van der Waals surface area (Å²) in [5.41, 5.74) is 0. The Kier molecular flexibility index (Phi) is 4.50. The van der Waals surface area contributed by atoms with Crippen molar-refractivity contribution in [2.24, 2.45) is 0 Å². The number of aliphatic carboxylic acids is 1. The highest BCUT2D eigenvalue weighted by molar-refractivity contribution is 6.28. The number of carboxylic acids is 1.